The third kappa shape index (κ3) is 4.89. The van der Waals surface area contributed by atoms with E-state index in [-0.39, 0.29) is 6.61 Å². The highest BCUT2D eigenvalue weighted by Gasteiger charge is 2.25. The maximum Gasteiger partial charge on any atom is 0.0558 e. The summed E-state index contributed by atoms with van der Waals surface area (Å²) in [6, 6.07) is 11.1. The number of nitrogens with one attached hydrogen (secondary N) is 1. The molecule has 2 N–H and O–H groups in total. The first-order valence-electron chi connectivity index (χ1n) is 7.92. The summed E-state index contributed by atoms with van der Waals surface area (Å²) < 4.78 is 0. The van der Waals surface area contributed by atoms with E-state index in [1.807, 2.05) is 0 Å². The Bertz CT molecular complexity index is 355. The molecule has 20 heavy (non-hydrogen) atoms. The van der Waals surface area contributed by atoms with Crippen molar-refractivity contribution in [3.8, 4) is 0 Å². The lowest BCUT2D eigenvalue weighted by molar-refractivity contribution is 0.111. The van der Waals surface area contributed by atoms with Gasteiger partial charge in [0.2, 0.25) is 0 Å². The van der Waals surface area contributed by atoms with E-state index in [0.29, 0.717) is 6.04 Å². The Hall–Kier alpha value is -0.900. The normalized spacial score (nSPS) is 23.9. The zero-order valence-electron chi connectivity index (χ0n) is 12.6. The van der Waals surface area contributed by atoms with E-state index in [1.54, 1.807) is 0 Å². The maximum absolute atomic E-state index is 9.17. The van der Waals surface area contributed by atoms with Crippen LogP contribution in [-0.4, -0.2) is 42.3 Å². The number of hydrogen-bond donors (Lipinski definition) is 2. The van der Waals surface area contributed by atoms with Crippen molar-refractivity contribution in [2.24, 2.45) is 5.92 Å². The van der Waals surface area contributed by atoms with Crippen molar-refractivity contribution in [3.63, 3.8) is 0 Å². The van der Waals surface area contributed by atoms with Gasteiger partial charge in [-0.1, -0.05) is 43.7 Å². The smallest absolute Gasteiger partial charge is 0.0558 e. The van der Waals surface area contributed by atoms with Crippen molar-refractivity contribution in [3.05, 3.63) is 35.9 Å². The lowest BCUT2D eigenvalue weighted by Crippen LogP contribution is -2.49. The summed E-state index contributed by atoms with van der Waals surface area (Å²) in [4.78, 5) is 2.41. The van der Waals surface area contributed by atoms with Gasteiger partial charge in [-0.3, -0.25) is 4.90 Å². The fraction of sp³-hybridized carbons (Fsp3) is 0.647. The first kappa shape index (κ1) is 15.5. The molecule has 3 heteroatoms. The first-order valence-corrected chi connectivity index (χ1v) is 7.92. The summed E-state index contributed by atoms with van der Waals surface area (Å²) >= 11 is 0. The van der Waals surface area contributed by atoms with Crippen molar-refractivity contribution in [2.75, 3.05) is 26.2 Å². The number of aliphatic hydroxyl groups excluding tert-OH is 1. The highest BCUT2D eigenvalue weighted by Crippen LogP contribution is 2.21. The molecule has 1 heterocycles. The number of nitrogens with zero attached hydrogens (tertiary/aromatic N) is 1. The van der Waals surface area contributed by atoms with Gasteiger partial charge in [-0.05, 0) is 24.3 Å². The van der Waals surface area contributed by atoms with Gasteiger partial charge >= 0.3 is 0 Å². The molecule has 1 aromatic rings. The molecular formula is C17H28N2O. The van der Waals surface area contributed by atoms with Crippen molar-refractivity contribution >= 4 is 0 Å². The van der Waals surface area contributed by atoms with Gasteiger partial charge in [-0.2, -0.15) is 0 Å². The van der Waals surface area contributed by atoms with Crippen LogP contribution in [0.15, 0.2) is 30.3 Å². The molecule has 2 unspecified atom stereocenters. The number of aliphatic hydroxyl groups is 1. The third-order valence-electron chi connectivity index (χ3n) is 4.16. The van der Waals surface area contributed by atoms with Gasteiger partial charge < -0.3 is 10.4 Å². The molecule has 2 rings (SSSR count). The number of β-amino-alcohol motifs (C(OH)–C–C–N with tert-alkyl or cyclic N) is 1. The maximum atomic E-state index is 9.17. The highest BCUT2D eigenvalue weighted by molar-refractivity contribution is 5.14. The summed E-state index contributed by atoms with van der Waals surface area (Å²) in [5.74, 6) is 0.772. The quantitative estimate of drug-likeness (QED) is 0.802. The van der Waals surface area contributed by atoms with E-state index in [2.05, 4.69) is 47.5 Å². The average Bonchev–Trinajstić information content (AvgIpc) is 2.47. The molecule has 2 atom stereocenters. The molecule has 0 aromatic heterocycles. The second-order valence-corrected chi connectivity index (χ2v) is 5.94. The van der Waals surface area contributed by atoms with E-state index in [9.17, 15) is 0 Å². The van der Waals surface area contributed by atoms with Crippen molar-refractivity contribution < 1.29 is 5.11 Å². The molecule has 0 aliphatic carbocycles. The Balaban J connectivity index is 1.85. The van der Waals surface area contributed by atoms with E-state index in [4.69, 9.17) is 5.11 Å². The van der Waals surface area contributed by atoms with E-state index in [0.717, 1.165) is 32.1 Å². The summed E-state index contributed by atoms with van der Waals surface area (Å²) in [5, 5.41) is 12.9. The Morgan fingerprint density at radius 1 is 1.25 bits per heavy atom. The molecule has 0 amide bonds. The van der Waals surface area contributed by atoms with Crippen LogP contribution in [-0.2, 0) is 6.54 Å². The molecule has 1 aliphatic rings. The minimum absolute atomic E-state index is 0.268. The van der Waals surface area contributed by atoms with Crippen molar-refractivity contribution in [2.45, 2.75) is 38.8 Å². The second-order valence-electron chi connectivity index (χ2n) is 5.94. The molecule has 112 valence electrons. The number of rotatable bonds is 7. The minimum atomic E-state index is 0.268. The number of piperidine rings is 1. The highest BCUT2D eigenvalue weighted by atomic mass is 16.3. The fourth-order valence-electron chi connectivity index (χ4n) is 3.25. The van der Waals surface area contributed by atoms with Gasteiger partial charge in [-0.15, -0.1) is 0 Å². The molecule has 1 saturated heterocycles. The van der Waals surface area contributed by atoms with Gasteiger partial charge in [0.1, 0.15) is 0 Å². The molecule has 3 nitrogen and oxygen atoms in total. The largest absolute Gasteiger partial charge is 0.395 e. The number of benzene rings is 1. The van der Waals surface area contributed by atoms with Crippen LogP contribution in [0.4, 0.5) is 0 Å². The van der Waals surface area contributed by atoms with E-state index >= 15 is 0 Å². The van der Waals surface area contributed by atoms with Crippen LogP contribution in [0.3, 0.4) is 0 Å². The van der Waals surface area contributed by atoms with Gasteiger partial charge in [0.25, 0.3) is 0 Å². The van der Waals surface area contributed by atoms with Gasteiger partial charge in [0.05, 0.1) is 6.61 Å². The lowest BCUT2D eigenvalue weighted by atomic mass is 9.90. The second kappa shape index (κ2) is 8.40. The first-order chi connectivity index (χ1) is 9.81. The van der Waals surface area contributed by atoms with Crippen LogP contribution in [0.2, 0.25) is 0 Å². The molecule has 0 bridgehead atoms. The number of likely N-dealkylation sites (tertiary alicyclic amines) is 1. The Morgan fingerprint density at radius 3 is 2.75 bits per heavy atom. The minimum Gasteiger partial charge on any atom is -0.395 e. The topological polar surface area (TPSA) is 35.5 Å². The Kier molecular flexibility index (Phi) is 6.51. The van der Waals surface area contributed by atoms with Gasteiger partial charge in [-0.25, -0.2) is 0 Å². The summed E-state index contributed by atoms with van der Waals surface area (Å²) in [6.45, 7) is 6.49. The predicted octanol–water partition coefficient (Wildman–Crippen LogP) is 2.26. The Labute approximate surface area is 123 Å². The lowest BCUT2D eigenvalue weighted by Gasteiger charge is -2.38. The zero-order chi connectivity index (χ0) is 14.2. The molecule has 1 aromatic carbocycles. The molecule has 1 aliphatic heterocycles. The molecule has 0 radical (unpaired) electrons. The third-order valence-corrected chi connectivity index (χ3v) is 4.16. The summed E-state index contributed by atoms with van der Waals surface area (Å²) in [7, 11) is 0. The monoisotopic (exact) mass is 276 g/mol. The van der Waals surface area contributed by atoms with Crippen LogP contribution < -0.4 is 5.32 Å². The Morgan fingerprint density at radius 2 is 2.05 bits per heavy atom. The van der Waals surface area contributed by atoms with Crippen molar-refractivity contribution in [1.82, 2.24) is 10.2 Å². The standard InChI is InChI=1S/C17H28N2O/c1-2-6-16-11-17(14-19(13-16)9-10-20)18-12-15-7-4-3-5-8-15/h3-5,7-8,16-18,20H,2,6,9-14H2,1H3. The van der Waals surface area contributed by atoms with Crippen LogP contribution in [0.1, 0.15) is 31.7 Å². The fourth-order valence-corrected chi connectivity index (χ4v) is 3.25. The van der Waals surface area contributed by atoms with E-state index < -0.39 is 0 Å². The average molecular weight is 276 g/mol. The molecule has 0 spiro atoms. The SMILES string of the molecule is CCCC1CC(NCc2ccccc2)CN(CCO)C1. The zero-order valence-corrected chi connectivity index (χ0v) is 12.6. The molecule has 0 saturated carbocycles. The van der Waals surface area contributed by atoms with E-state index in [1.165, 1.54) is 24.8 Å². The van der Waals surface area contributed by atoms with Crippen LogP contribution >= 0.6 is 0 Å². The number of hydrogen-bond acceptors (Lipinski definition) is 3. The predicted molar refractivity (Wildman–Crippen MR) is 83.6 cm³/mol. The van der Waals surface area contributed by atoms with Gasteiger partial charge in [0.15, 0.2) is 0 Å². The van der Waals surface area contributed by atoms with Crippen LogP contribution in [0.5, 0.6) is 0 Å². The summed E-state index contributed by atoms with van der Waals surface area (Å²) in [5.41, 5.74) is 1.35. The van der Waals surface area contributed by atoms with Gasteiger partial charge in [0, 0.05) is 32.2 Å². The molecule has 1 fully saturated rings. The van der Waals surface area contributed by atoms with Crippen LogP contribution in [0.25, 0.3) is 0 Å². The molecular weight excluding hydrogens is 248 g/mol. The van der Waals surface area contributed by atoms with Crippen LogP contribution in [0, 0.1) is 5.92 Å². The summed E-state index contributed by atoms with van der Waals surface area (Å²) in [6.07, 6.45) is 3.82. The van der Waals surface area contributed by atoms with Crippen molar-refractivity contribution in [1.29, 1.82) is 0 Å².